The van der Waals surface area contributed by atoms with Gasteiger partial charge in [0.2, 0.25) is 12.6 Å². The van der Waals surface area contributed by atoms with Crippen molar-refractivity contribution in [2.45, 2.75) is 384 Å². The Kier molecular flexibility index (Phi) is 40.6. The maximum atomic E-state index is 11.3. The third kappa shape index (κ3) is 25.9. The van der Waals surface area contributed by atoms with Gasteiger partial charge in [-0.2, -0.15) is 0 Å². The molecule has 7 heterocycles. The molecule has 0 amide bonds. The van der Waals surface area contributed by atoms with Crippen LogP contribution in [0, 0.1) is 0 Å². The van der Waals surface area contributed by atoms with E-state index in [-0.39, 0.29) is 57.5 Å². The molecule has 0 spiro atoms. The molecule has 0 radical (unpaired) electrons. The van der Waals surface area contributed by atoms with Crippen LogP contribution in [0.25, 0.3) is 0 Å². The number of aliphatic hydroxyl groups excluding tert-OH is 12. The monoisotopic (exact) mass is 1840 g/mol. The number of likely N-dealkylation sites (N-methyl/N-ethyl adjacent to an activating group) is 5. The third-order valence-electron chi connectivity index (χ3n) is 26.2. The maximum absolute atomic E-state index is 11.3. The fourth-order valence-corrected chi connectivity index (χ4v) is 18.8. The number of aliphatic hydroxyl groups is 15. The molecule has 10 fully saturated rings. The number of ether oxygens (including phenoxy) is 15. The van der Waals surface area contributed by atoms with Crippen molar-refractivity contribution in [3.63, 3.8) is 0 Å². The van der Waals surface area contributed by atoms with Gasteiger partial charge in [-0.3, -0.25) is 0 Å². The molecule has 49 nitrogen and oxygen atoms in total. The number of nitrogens with two attached hydrogens (primary N) is 14. The largest absolute Gasteiger partial charge is 0.467 e. The van der Waals surface area contributed by atoms with E-state index in [0.717, 1.165) is 12.8 Å². The molecule has 127 heavy (non-hydrogen) atoms. The Morgan fingerprint density at radius 2 is 0.811 bits per heavy atom. The highest BCUT2D eigenvalue weighted by Gasteiger charge is 2.58. The zero-order valence-corrected chi connectivity index (χ0v) is 73.8. The summed E-state index contributed by atoms with van der Waals surface area (Å²) in [5.74, 6) is 1.15. The summed E-state index contributed by atoms with van der Waals surface area (Å²) in [5.41, 5.74) is 81.2. The molecule has 742 valence electrons. The van der Waals surface area contributed by atoms with Crippen molar-refractivity contribution in [1.82, 2.24) is 26.6 Å². The molecule has 5 saturated carbocycles. The summed E-state index contributed by atoms with van der Waals surface area (Å²) in [5, 5.41) is 172. The van der Waals surface area contributed by atoms with E-state index in [1.807, 2.05) is 26.1 Å². The van der Waals surface area contributed by atoms with E-state index in [2.05, 4.69) is 26.6 Å². The van der Waals surface area contributed by atoms with Gasteiger partial charge in [0.05, 0.1) is 105 Å². The molecule has 49 heteroatoms. The summed E-state index contributed by atoms with van der Waals surface area (Å²) in [6.45, 7) is 7.69. The minimum absolute atomic E-state index is 0.0480. The van der Waals surface area contributed by atoms with Crippen LogP contribution in [0.1, 0.15) is 91.9 Å². The Labute approximate surface area is 740 Å². The summed E-state index contributed by atoms with van der Waals surface area (Å²) in [6, 6.07) is -8.96. The molecule has 48 atom stereocenters. The van der Waals surface area contributed by atoms with Gasteiger partial charge in [-0.15, -0.1) is 0 Å². The minimum atomic E-state index is -1.51. The normalized spacial score (nSPS) is 49.8. The van der Waals surface area contributed by atoms with Crippen molar-refractivity contribution in [2.24, 2.45) is 80.3 Å². The van der Waals surface area contributed by atoms with Gasteiger partial charge in [-0.1, -0.05) is 6.92 Å². The van der Waals surface area contributed by atoms with Crippen LogP contribution in [-0.2, 0) is 71.1 Å². The smallest absolute Gasteiger partial charge is 0.215 e. The molecule has 7 aliphatic heterocycles. The lowest BCUT2D eigenvalue weighted by molar-refractivity contribution is -0.306. The standard InChI is InChI=1S/C21H41N5O7.C20H41N5O7.C20H39N5O6.C17H34N4O10/c1-4-26-13-7-12(24)16(32-19-11(23)6-5-10(8-22)31-19)14(27)17(13)33-20-15(28)18(25-3)21(2,29)9-30-20;1-20(28)8-29-19(14(27)17(20)25-3)32-16-12(23)6-11(22)15(13(16)26)31-18-10(21)5-4-9(30-18)7-24-2;1-20(28)6-5-13(14(26)18(20)25-2)30-16-11(23)7-12(24)17(15(16)27)31-19-10(22)4-3-9(8-21)29-19;18-2-6-10(24)12(26)8(21)16(28-6)30-14-5(20)1-4(19)9(23)15(14)31-17-13(27)11(25)7(3-22)29-17/h5,11-20,25-29H,4,6-9,22-24H2,1-3H3;9-19,24-28H,4-8,21-23H2,1-3H3;3,10-19,25-28H,4-8,21-24H2,1-2H3;4-17,22-27H,1-3,18-21H2/t;;;4?,5?,6?,7-,8?,9?,10?,11-,12?,13?,14?,15?,16?,17+/m...0/s1. The van der Waals surface area contributed by atoms with Crippen LogP contribution in [0.4, 0.5) is 0 Å². The molecule has 5 aliphatic carbocycles. The third-order valence-corrected chi connectivity index (χ3v) is 26.2. The van der Waals surface area contributed by atoms with Gasteiger partial charge in [-0.25, -0.2) is 0 Å². The Balaban J connectivity index is 0.000000191. The van der Waals surface area contributed by atoms with E-state index < -0.39 is 280 Å². The average Bonchev–Trinajstić information content (AvgIpc) is 1.36. The Bertz CT molecular complexity index is 3330. The second-order valence-electron chi connectivity index (χ2n) is 36.3. The highest BCUT2D eigenvalue weighted by Crippen LogP contribution is 2.39. The summed E-state index contributed by atoms with van der Waals surface area (Å²) < 4.78 is 87.4. The molecule has 0 aromatic rings. The zero-order chi connectivity index (χ0) is 93.9. The first kappa shape index (κ1) is 108. The Morgan fingerprint density at radius 1 is 0.394 bits per heavy atom. The zero-order valence-electron chi connectivity index (χ0n) is 73.8. The van der Waals surface area contributed by atoms with Crippen molar-refractivity contribution in [3.05, 3.63) is 23.7 Å². The lowest BCUT2D eigenvalue weighted by Crippen LogP contribution is -2.69. The predicted octanol–water partition coefficient (Wildman–Crippen LogP) is -16.6. The quantitative estimate of drug-likeness (QED) is 0.0363. The highest BCUT2D eigenvalue weighted by atomic mass is 16.8. The van der Waals surface area contributed by atoms with Crippen LogP contribution in [0.2, 0.25) is 0 Å². The van der Waals surface area contributed by atoms with Gasteiger partial charge in [0.25, 0.3) is 0 Å². The van der Waals surface area contributed by atoms with Crippen LogP contribution in [0.5, 0.6) is 0 Å². The maximum Gasteiger partial charge on any atom is 0.215 e. The van der Waals surface area contributed by atoms with Gasteiger partial charge >= 0.3 is 0 Å². The average molecular weight is 1840 g/mol. The van der Waals surface area contributed by atoms with E-state index in [9.17, 15) is 76.6 Å². The molecular formula is C78H155N19O30. The van der Waals surface area contributed by atoms with Crippen LogP contribution < -0.4 is 107 Å². The van der Waals surface area contributed by atoms with E-state index in [1.165, 1.54) is 0 Å². The van der Waals surface area contributed by atoms with Crippen LogP contribution in [0.3, 0.4) is 0 Å². The fraction of sp³-hybridized carbons (Fsp3) is 0.949. The van der Waals surface area contributed by atoms with Crippen molar-refractivity contribution in [1.29, 1.82) is 0 Å². The number of rotatable bonds is 27. The van der Waals surface area contributed by atoms with Crippen LogP contribution in [0.15, 0.2) is 23.7 Å². The first-order valence-electron chi connectivity index (χ1n) is 44.1. The van der Waals surface area contributed by atoms with Crippen molar-refractivity contribution in [3.8, 4) is 0 Å². The molecular weight excluding hydrogens is 1680 g/mol. The number of nitrogens with one attached hydrogen (secondary N) is 5. The van der Waals surface area contributed by atoms with E-state index in [1.54, 1.807) is 41.9 Å². The molecule has 48 N–H and O–H groups in total. The lowest BCUT2D eigenvalue weighted by Gasteiger charge is -2.49. The van der Waals surface area contributed by atoms with Gasteiger partial charge in [0, 0.05) is 61.4 Å². The SMILES string of the molecule is CCNC1CC(N)C(OC2OC(CN)=CCC2N)C(O)C1OC1OCC(C)(O)C(NC)C1O.CNC1C(O)C(OC2C(N)CC(N)C(OC3OC(CN)=CCC3N)C2O)CCC1(C)O.CNCC1CCC(N)C(OC2C(N)CC(N)C(OC3OCC(C)(O)C(NC)C3O)C2O)O1.NCC1OC(OC2C(N)CC(N)C(O)C2O[C@H]2O[C@@H](CO)[C@H](O)C2O)C(N)C(O)C1O. The predicted molar refractivity (Wildman–Crippen MR) is 450 cm³/mol. The molecule has 12 rings (SSSR count). The van der Waals surface area contributed by atoms with E-state index in [0.29, 0.717) is 69.6 Å². The highest BCUT2D eigenvalue weighted by molar-refractivity contribution is 5.11. The first-order valence-corrected chi connectivity index (χ1v) is 44.1. The Morgan fingerprint density at radius 3 is 1.28 bits per heavy atom. The Hall–Kier alpha value is -2.80. The molecule has 45 unspecified atom stereocenters. The second-order valence-corrected chi connectivity index (χ2v) is 36.3. The minimum Gasteiger partial charge on any atom is -0.467 e. The van der Waals surface area contributed by atoms with Gasteiger partial charge in [0.15, 0.2) is 31.5 Å². The lowest BCUT2D eigenvalue weighted by atomic mass is 9.77. The van der Waals surface area contributed by atoms with E-state index in [4.69, 9.17) is 151 Å². The molecule has 0 bridgehead atoms. The summed E-state index contributed by atoms with van der Waals surface area (Å²) in [6.07, 6.45) is -22.6. The fourth-order valence-electron chi connectivity index (χ4n) is 18.8. The topological polar surface area (TPSA) is 866 Å². The number of hydrogen-bond acceptors (Lipinski definition) is 49. The molecule has 5 saturated heterocycles. The number of hydrogen-bond donors (Lipinski definition) is 34. The van der Waals surface area contributed by atoms with Gasteiger partial charge < -0.3 is 255 Å². The summed E-state index contributed by atoms with van der Waals surface area (Å²) >= 11 is 0. The molecule has 12 aliphatic rings. The van der Waals surface area contributed by atoms with Crippen LogP contribution in [-0.4, -0.2) is 449 Å². The van der Waals surface area contributed by atoms with Crippen molar-refractivity contribution >= 4 is 0 Å². The molecule has 0 aromatic heterocycles. The van der Waals surface area contributed by atoms with Crippen LogP contribution >= 0.6 is 0 Å². The van der Waals surface area contributed by atoms with Gasteiger partial charge in [0.1, 0.15) is 139 Å². The van der Waals surface area contributed by atoms with Gasteiger partial charge in [-0.05, 0) is 132 Å². The second kappa shape index (κ2) is 47.8. The summed E-state index contributed by atoms with van der Waals surface area (Å²) in [7, 11) is 6.79. The van der Waals surface area contributed by atoms with Crippen molar-refractivity contribution < 1.29 is 148 Å². The van der Waals surface area contributed by atoms with E-state index >= 15 is 0 Å². The summed E-state index contributed by atoms with van der Waals surface area (Å²) in [4.78, 5) is 0. The van der Waals surface area contributed by atoms with Crippen molar-refractivity contribution in [2.75, 3.05) is 80.7 Å². The molecule has 0 aromatic carbocycles. The first-order chi connectivity index (χ1) is 59.9.